The van der Waals surface area contributed by atoms with Gasteiger partial charge in [0.15, 0.2) is 0 Å². The largest absolute Gasteiger partial charge is 0.327 e. The van der Waals surface area contributed by atoms with Crippen molar-refractivity contribution in [3.05, 3.63) is 24.0 Å². The number of imidazole rings is 1. The predicted molar refractivity (Wildman–Crippen MR) is 124 cm³/mol. The molecule has 1 aliphatic carbocycles. The summed E-state index contributed by atoms with van der Waals surface area (Å²) in [5.41, 5.74) is 1.06. The maximum absolute atomic E-state index is 13.7. The molecule has 1 aromatic carbocycles. The van der Waals surface area contributed by atoms with E-state index in [4.69, 9.17) is 4.98 Å². The van der Waals surface area contributed by atoms with Gasteiger partial charge < -0.3 is 4.57 Å². The van der Waals surface area contributed by atoms with E-state index in [1.54, 1.807) is 12.1 Å². The molecule has 0 atom stereocenters. The van der Waals surface area contributed by atoms with Gasteiger partial charge in [0.05, 0.1) is 17.7 Å². The highest BCUT2D eigenvalue weighted by Gasteiger charge is 2.45. The molecule has 1 aliphatic heterocycles. The van der Waals surface area contributed by atoms with Gasteiger partial charge in [-0.05, 0) is 30.9 Å². The monoisotopic (exact) mass is 504 g/mol. The summed E-state index contributed by atoms with van der Waals surface area (Å²) in [5, 5.41) is 0. The van der Waals surface area contributed by atoms with Gasteiger partial charge in [-0.25, -0.2) is 22.5 Å². The Labute approximate surface area is 198 Å². The van der Waals surface area contributed by atoms with Crippen LogP contribution in [0.25, 0.3) is 11.0 Å². The second-order valence-electron chi connectivity index (χ2n) is 10.7. The second kappa shape index (κ2) is 8.36. The van der Waals surface area contributed by atoms with Crippen LogP contribution in [0.3, 0.4) is 0 Å². The average Bonchev–Trinajstić information content (AvgIpc) is 3.29. The van der Waals surface area contributed by atoms with Gasteiger partial charge >= 0.3 is 10.2 Å². The fourth-order valence-electron chi connectivity index (χ4n) is 4.88. The van der Waals surface area contributed by atoms with Gasteiger partial charge in [-0.1, -0.05) is 26.8 Å². The Bertz CT molecular complexity index is 1160. The van der Waals surface area contributed by atoms with E-state index in [0.717, 1.165) is 14.4 Å². The van der Waals surface area contributed by atoms with Gasteiger partial charge in [0, 0.05) is 44.8 Å². The molecule has 34 heavy (non-hydrogen) atoms. The molecule has 2 heterocycles. The first-order chi connectivity index (χ1) is 15.6. The normalized spacial score (nSPS) is 21.9. The van der Waals surface area contributed by atoms with Gasteiger partial charge in [0.25, 0.3) is 5.92 Å². The van der Waals surface area contributed by atoms with Crippen LogP contribution in [0.1, 0.15) is 58.7 Å². The first kappa shape index (κ1) is 25.2. The molecule has 6 nitrogen and oxygen atoms in total. The van der Waals surface area contributed by atoms with Crippen molar-refractivity contribution in [2.45, 2.75) is 76.7 Å². The Kier molecular flexibility index (Phi) is 6.20. The van der Waals surface area contributed by atoms with Crippen molar-refractivity contribution in [3.8, 4) is 0 Å². The molecule has 4 rings (SSSR count). The summed E-state index contributed by atoms with van der Waals surface area (Å²) in [6.07, 6.45) is 0.0397. The lowest BCUT2D eigenvalue weighted by molar-refractivity contribution is -0.0473. The fraction of sp³-hybridized carbons (Fsp3) is 0.696. The number of hydrogen-bond donors (Lipinski definition) is 0. The van der Waals surface area contributed by atoms with Crippen LogP contribution in [-0.4, -0.2) is 54.3 Å². The van der Waals surface area contributed by atoms with Crippen LogP contribution in [-0.2, 0) is 22.2 Å². The summed E-state index contributed by atoms with van der Waals surface area (Å²) in [6.45, 7) is 5.40. The van der Waals surface area contributed by atoms with Crippen molar-refractivity contribution in [1.82, 2.24) is 13.9 Å². The molecular weight excluding hydrogens is 472 g/mol. The number of benzene rings is 1. The summed E-state index contributed by atoms with van der Waals surface area (Å²) in [5.74, 6) is -4.87. The van der Waals surface area contributed by atoms with E-state index in [0.29, 0.717) is 36.1 Å². The summed E-state index contributed by atoms with van der Waals surface area (Å²) in [4.78, 5) is 4.81. The fourth-order valence-corrected chi connectivity index (χ4v) is 6.30. The Morgan fingerprint density at radius 1 is 1.09 bits per heavy atom. The smallest absolute Gasteiger partial charge is 0.304 e. The first-order valence-corrected chi connectivity index (χ1v) is 13.0. The van der Waals surface area contributed by atoms with E-state index in [9.17, 15) is 26.0 Å². The number of anilines is 1. The summed E-state index contributed by atoms with van der Waals surface area (Å²) in [6, 6.07) is 5.16. The molecule has 2 fully saturated rings. The predicted octanol–water partition coefficient (Wildman–Crippen LogP) is 5.18. The van der Waals surface area contributed by atoms with Gasteiger partial charge in [0.2, 0.25) is 5.92 Å². The molecule has 1 saturated carbocycles. The molecule has 0 amide bonds. The van der Waals surface area contributed by atoms with E-state index >= 15 is 0 Å². The van der Waals surface area contributed by atoms with Gasteiger partial charge in [-0.15, -0.1) is 0 Å². The van der Waals surface area contributed by atoms with E-state index < -0.39 is 35.0 Å². The highest BCUT2D eigenvalue weighted by Crippen LogP contribution is 2.39. The molecule has 190 valence electrons. The van der Waals surface area contributed by atoms with Crippen molar-refractivity contribution >= 4 is 26.9 Å². The Morgan fingerprint density at radius 2 is 1.74 bits per heavy atom. The standard InChI is InChI=1S/C23H32F4N4O2S/c1-21(2,3)20-28-19-17(29(4)34(32,33)30-13-12-23(26,27)15-30)6-5-7-18(19)31(20)14-16-8-10-22(24,25)11-9-16/h5-7,16H,8-15H2,1-4H3. The number of fused-ring (bicyclic) bond motifs is 1. The number of nitrogens with zero attached hydrogens (tertiary/aromatic N) is 4. The van der Waals surface area contributed by atoms with E-state index in [1.807, 2.05) is 31.4 Å². The highest BCUT2D eigenvalue weighted by molar-refractivity contribution is 7.90. The molecule has 0 unspecified atom stereocenters. The van der Waals surface area contributed by atoms with Gasteiger partial charge in [-0.2, -0.15) is 12.7 Å². The maximum Gasteiger partial charge on any atom is 0.304 e. The average molecular weight is 505 g/mol. The van der Waals surface area contributed by atoms with Crippen molar-refractivity contribution in [3.63, 3.8) is 0 Å². The molecular formula is C23H32F4N4O2S. The van der Waals surface area contributed by atoms with Crippen molar-refractivity contribution in [1.29, 1.82) is 0 Å². The zero-order chi connectivity index (χ0) is 25.1. The number of rotatable bonds is 5. The lowest BCUT2D eigenvalue weighted by Gasteiger charge is -2.30. The topological polar surface area (TPSA) is 58.4 Å². The third-order valence-corrected chi connectivity index (χ3v) is 8.71. The Morgan fingerprint density at radius 3 is 2.29 bits per heavy atom. The van der Waals surface area contributed by atoms with Crippen LogP contribution in [0.15, 0.2) is 18.2 Å². The molecule has 0 bridgehead atoms. The second-order valence-corrected chi connectivity index (χ2v) is 12.6. The van der Waals surface area contributed by atoms with E-state index in [-0.39, 0.29) is 30.7 Å². The van der Waals surface area contributed by atoms with Crippen LogP contribution in [0.4, 0.5) is 23.2 Å². The number of para-hydroxylation sites is 1. The molecule has 0 spiro atoms. The summed E-state index contributed by atoms with van der Waals surface area (Å²) in [7, 11) is -2.83. The third-order valence-electron chi connectivity index (χ3n) is 6.85. The minimum absolute atomic E-state index is 0.0649. The number of halogens is 4. The SMILES string of the molecule is CN(c1cccc2c1nc(C(C)(C)C)n2CC1CCC(F)(F)CC1)S(=O)(=O)N1CCC(F)(F)C1. The van der Waals surface area contributed by atoms with Crippen molar-refractivity contribution < 1.29 is 26.0 Å². The molecule has 2 aliphatic rings. The first-order valence-electron chi connectivity index (χ1n) is 11.6. The third kappa shape index (κ3) is 4.78. The van der Waals surface area contributed by atoms with E-state index in [1.165, 1.54) is 7.05 Å². The zero-order valence-electron chi connectivity index (χ0n) is 20.0. The maximum atomic E-state index is 13.7. The lowest BCUT2D eigenvalue weighted by Crippen LogP contribution is -2.41. The lowest BCUT2D eigenvalue weighted by atomic mass is 9.86. The van der Waals surface area contributed by atoms with Crippen LogP contribution in [0, 0.1) is 5.92 Å². The highest BCUT2D eigenvalue weighted by atomic mass is 32.2. The number of hydrogen-bond acceptors (Lipinski definition) is 3. The zero-order valence-corrected chi connectivity index (χ0v) is 20.8. The number of alkyl halides is 4. The Hall–Kier alpha value is -1.88. The minimum atomic E-state index is -4.18. The van der Waals surface area contributed by atoms with Crippen molar-refractivity contribution in [2.75, 3.05) is 24.4 Å². The molecule has 2 aromatic rings. The van der Waals surface area contributed by atoms with Crippen LogP contribution in [0.5, 0.6) is 0 Å². The number of aromatic nitrogens is 2. The van der Waals surface area contributed by atoms with Crippen LogP contribution in [0.2, 0.25) is 0 Å². The molecule has 0 radical (unpaired) electrons. The van der Waals surface area contributed by atoms with Gasteiger partial charge in [-0.3, -0.25) is 4.31 Å². The summed E-state index contributed by atoms with van der Waals surface area (Å²) >= 11 is 0. The van der Waals surface area contributed by atoms with Gasteiger partial charge in [0.1, 0.15) is 11.3 Å². The quantitative estimate of drug-likeness (QED) is 0.527. The Balaban J connectivity index is 1.73. The minimum Gasteiger partial charge on any atom is -0.327 e. The molecule has 11 heteroatoms. The summed E-state index contributed by atoms with van der Waals surface area (Å²) < 4.78 is 84.9. The van der Waals surface area contributed by atoms with Crippen LogP contribution >= 0.6 is 0 Å². The molecule has 1 aromatic heterocycles. The molecule has 1 saturated heterocycles. The van der Waals surface area contributed by atoms with Crippen molar-refractivity contribution in [2.24, 2.45) is 5.92 Å². The van der Waals surface area contributed by atoms with Crippen LogP contribution < -0.4 is 4.31 Å². The molecule has 0 N–H and O–H groups in total. The van der Waals surface area contributed by atoms with E-state index in [2.05, 4.69) is 0 Å².